The lowest BCUT2D eigenvalue weighted by Crippen LogP contribution is -2.29. The molecule has 2 amide bonds. The topological polar surface area (TPSA) is 91.3 Å². The molecule has 1 saturated carbocycles. The van der Waals surface area contributed by atoms with Gasteiger partial charge in [-0.3, -0.25) is 0 Å². The Morgan fingerprint density at radius 2 is 2.17 bits per heavy atom. The zero-order valence-electron chi connectivity index (χ0n) is 9.85. The third kappa shape index (κ3) is 3.73. The molecule has 1 fully saturated rings. The van der Waals surface area contributed by atoms with E-state index in [-0.39, 0.29) is 11.7 Å². The lowest BCUT2D eigenvalue weighted by atomic mass is 10.3. The van der Waals surface area contributed by atoms with Gasteiger partial charge in [-0.25, -0.2) is 14.6 Å². The fourth-order valence-corrected chi connectivity index (χ4v) is 1.57. The Balaban J connectivity index is 1.76. The van der Waals surface area contributed by atoms with Gasteiger partial charge in [-0.2, -0.15) is 0 Å². The van der Waals surface area contributed by atoms with Gasteiger partial charge >= 0.3 is 12.0 Å². The molecular weight excluding hydrogens is 234 g/mol. The molecule has 3 N–H and O–H groups in total. The number of hydrogen-bond donors (Lipinski definition) is 3. The third-order valence-electron chi connectivity index (χ3n) is 2.78. The number of aromatic carboxylic acids is 1. The van der Waals surface area contributed by atoms with Gasteiger partial charge in [0.1, 0.15) is 5.69 Å². The van der Waals surface area contributed by atoms with Crippen molar-refractivity contribution >= 4 is 17.7 Å². The molecule has 0 aromatic carbocycles. The molecule has 0 radical (unpaired) electrons. The van der Waals surface area contributed by atoms with Crippen molar-refractivity contribution in [3.8, 4) is 0 Å². The van der Waals surface area contributed by atoms with Crippen molar-refractivity contribution in [1.29, 1.82) is 0 Å². The maximum absolute atomic E-state index is 11.5. The summed E-state index contributed by atoms with van der Waals surface area (Å²) in [5.41, 5.74) is 0.429. The number of anilines is 1. The van der Waals surface area contributed by atoms with Gasteiger partial charge in [-0.1, -0.05) is 12.8 Å². The van der Waals surface area contributed by atoms with E-state index in [1.165, 1.54) is 31.2 Å². The van der Waals surface area contributed by atoms with Crippen LogP contribution >= 0.6 is 0 Å². The highest BCUT2D eigenvalue weighted by molar-refractivity contribution is 5.90. The van der Waals surface area contributed by atoms with Crippen molar-refractivity contribution in [2.24, 2.45) is 5.92 Å². The van der Waals surface area contributed by atoms with Crippen LogP contribution in [0.4, 0.5) is 10.5 Å². The van der Waals surface area contributed by atoms with E-state index in [9.17, 15) is 9.59 Å². The van der Waals surface area contributed by atoms with Gasteiger partial charge in [0.25, 0.3) is 0 Å². The van der Waals surface area contributed by atoms with Crippen LogP contribution in [0.5, 0.6) is 0 Å². The molecule has 6 heteroatoms. The molecule has 1 heterocycles. The van der Waals surface area contributed by atoms with Crippen LogP contribution in [0.1, 0.15) is 29.8 Å². The number of carbonyl (C=O) groups is 2. The molecule has 1 aliphatic carbocycles. The Kier molecular flexibility index (Phi) is 3.76. The van der Waals surface area contributed by atoms with Crippen LogP contribution in [-0.4, -0.2) is 28.6 Å². The molecule has 0 unspecified atom stereocenters. The average molecular weight is 249 g/mol. The predicted molar refractivity (Wildman–Crippen MR) is 65.6 cm³/mol. The second-order valence-electron chi connectivity index (χ2n) is 4.35. The molecular formula is C12H15N3O3. The molecule has 1 aliphatic rings. The van der Waals surface area contributed by atoms with Crippen molar-refractivity contribution in [1.82, 2.24) is 10.3 Å². The SMILES string of the molecule is O=C(NCCC1CC1)Nc1ccc(C(=O)O)nc1. The first-order valence-corrected chi connectivity index (χ1v) is 5.89. The van der Waals surface area contributed by atoms with Crippen molar-refractivity contribution in [2.75, 3.05) is 11.9 Å². The van der Waals surface area contributed by atoms with Crippen LogP contribution < -0.4 is 10.6 Å². The van der Waals surface area contributed by atoms with Gasteiger partial charge in [-0.15, -0.1) is 0 Å². The molecule has 0 atom stereocenters. The summed E-state index contributed by atoms with van der Waals surface area (Å²) in [7, 11) is 0. The molecule has 0 saturated heterocycles. The Bertz CT molecular complexity index is 440. The van der Waals surface area contributed by atoms with Crippen molar-refractivity contribution in [2.45, 2.75) is 19.3 Å². The summed E-state index contributed by atoms with van der Waals surface area (Å²) in [5, 5.41) is 14.0. The first-order valence-electron chi connectivity index (χ1n) is 5.89. The monoisotopic (exact) mass is 249 g/mol. The number of rotatable bonds is 5. The minimum atomic E-state index is -1.09. The summed E-state index contributed by atoms with van der Waals surface area (Å²) in [6, 6.07) is 2.57. The van der Waals surface area contributed by atoms with E-state index in [1.54, 1.807) is 0 Å². The van der Waals surface area contributed by atoms with E-state index in [1.807, 2.05) is 0 Å². The first kappa shape index (κ1) is 12.3. The number of carboxylic acids is 1. The Morgan fingerprint density at radius 3 is 2.72 bits per heavy atom. The maximum Gasteiger partial charge on any atom is 0.354 e. The quantitative estimate of drug-likeness (QED) is 0.740. The molecule has 0 aliphatic heterocycles. The van der Waals surface area contributed by atoms with Crippen LogP contribution in [0.3, 0.4) is 0 Å². The fourth-order valence-electron chi connectivity index (χ4n) is 1.57. The van der Waals surface area contributed by atoms with E-state index in [2.05, 4.69) is 15.6 Å². The lowest BCUT2D eigenvalue weighted by molar-refractivity contribution is 0.0690. The molecule has 1 aromatic rings. The van der Waals surface area contributed by atoms with Gasteiger partial charge in [0, 0.05) is 6.54 Å². The van der Waals surface area contributed by atoms with Gasteiger partial charge in [0.15, 0.2) is 0 Å². The molecule has 18 heavy (non-hydrogen) atoms. The summed E-state index contributed by atoms with van der Waals surface area (Å²) in [5.74, 6) is -0.308. The first-order chi connectivity index (χ1) is 8.65. The zero-order chi connectivity index (χ0) is 13.0. The molecule has 6 nitrogen and oxygen atoms in total. The molecule has 1 aromatic heterocycles. The molecule has 0 spiro atoms. The largest absolute Gasteiger partial charge is 0.477 e. The summed E-state index contributed by atoms with van der Waals surface area (Å²) in [4.78, 5) is 25.8. The van der Waals surface area contributed by atoms with E-state index in [0.717, 1.165) is 12.3 Å². The van der Waals surface area contributed by atoms with E-state index in [4.69, 9.17) is 5.11 Å². The second-order valence-corrected chi connectivity index (χ2v) is 4.35. The van der Waals surface area contributed by atoms with Crippen LogP contribution in [0, 0.1) is 5.92 Å². The minimum Gasteiger partial charge on any atom is -0.477 e. The van der Waals surface area contributed by atoms with Gasteiger partial charge in [-0.05, 0) is 24.5 Å². The third-order valence-corrected chi connectivity index (χ3v) is 2.78. The minimum absolute atomic E-state index is 0.0466. The van der Waals surface area contributed by atoms with Crippen LogP contribution in [-0.2, 0) is 0 Å². The number of pyridine rings is 1. The van der Waals surface area contributed by atoms with Crippen LogP contribution in [0.25, 0.3) is 0 Å². The van der Waals surface area contributed by atoms with Crippen molar-refractivity contribution in [3.63, 3.8) is 0 Å². The smallest absolute Gasteiger partial charge is 0.354 e. The summed E-state index contributed by atoms with van der Waals surface area (Å²) in [6.07, 6.45) is 4.88. The number of hydrogen-bond acceptors (Lipinski definition) is 3. The Hall–Kier alpha value is -2.11. The zero-order valence-corrected chi connectivity index (χ0v) is 9.85. The van der Waals surface area contributed by atoms with Gasteiger partial charge in [0.2, 0.25) is 0 Å². The summed E-state index contributed by atoms with van der Waals surface area (Å²) < 4.78 is 0. The van der Waals surface area contributed by atoms with Crippen LogP contribution in [0.15, 0.2) is 18.3 Å². The standard InChI is InChI=1S/C12H15N3O3/c16-11(17)10-4-3-9(7-14-10)15-12(18)13-6-5-8-1-2-8/h3-4,7-8H,1-2,5-6H2,(H,16,17)(H2,13,15,18). The normalized spacial score (nSPS) is 14.0. The van der Waals surface area contributed by atoms with E-state index >= 15 is 0 Å². The summed E-state index contributed by atoms with van der Waals surface area (Å²) >= 11 is 0. The second kappa shape index (κ2) is 5.48. The molecule has 2 rings (SSSR count). The highest BCUT2D eigenvalue weighted by Gasteiger charge is 2.20. The maximum atomic E-state index is 11.5. The highest BCUT2D eigenvalue weighted by atomic mass is 16.4. The number of urea groups is 1. The lowest BCUT2D eigenvalue weighted by Gasteiger charge is -2.06. The fraction of sp³-hybridized carbons (Fsp3) is 0.417. The number of carbonyl (C=O) groups excluding carboxylic acids is 1. The van der Waals surface area contributed by atoms with E-state index < -0.39 is 5.97 Å². The number of amides is 2. The molecule has 0 bridgehead atoms. The molecule has 96 valence electrons. The van der Waals surface area contributed by atoms with Gasteiger partial charge in [0.05, 0.1) is 11.9 Å². The number of aromatic nitrogens is 1. The highest BCUT2D eigenvalue weighted by Crippen LogP contribution is 2.31. The average Bonchev–Trinajstić information content (AvgIpc) is 3.13. The predicted octanol–water partition coefficient (Wildman–Crippen LogP) is 1.70. The van der Waals surface area contributed by atoms with Gasteiger partial charge < -0.3 is 15.7 Å². The number of nitrogens with zero attached hydrogens (tertiary/aromatic N) is 1. The summed E-state index contributed by atoms with van der Waals surface area (Å²) in [6.45, 7) is 0.664. The number of carboxylic acid groups (broad SMARTS) is 1. The van der Waals surface area contributed by atoms with Crippen molar-refractivity contribution < 1.29 is 14.7 Å². The number of nitrogens with one attached hydrogen (secondary N) is 2. The van der Waals surface area contributed by atoms with Crippen LogP contribution in [0.2, 0.25) is 0 Å². The Morgan fingerprint density at radius 1 is 1.39 bits per heavy atom. The Labute approximate surface area is 104 Å². The van der Waals surface area contributed by atoms with Crippen molar-refractivity contribution in [3.05, 3.63) is 24.0 Å². The van der Waals surface area contributed by atoms with E-state index in [0.29, 0.717) is 12.2 Å².